The summed E-state index contributed by atoms with van der Waals surface area (Å²) >= 11 is 0. The predicted octanol–water partition coefficient (Wildman–Crippen LogP) is 1.64. The summed E-state index contributed by atoms with van der Waals surface area (Å²) in [5, 5.41) is 14.5. The highest BCUT2D eigenvalue weighted by molar-refractivity contribution is 5.64. The van der Waals surface area contributed by atoms with E-state index in [1.165, 1.54) is 0 Å². The zero-order chi connectivity index (χ0) is 12.7. The van der Waals surface area contributed by atoms with Gasteiger partial charge in [0.1, 0.15) is 5.69 Å². The van der Waals surface area contributed by atoms with Gasteiger partial charge >= 0.3 is 0 Å². The fourth-order valence-electron chi connectivity index (χ4n) is 3.35. The lowest BCUT2D eigenvalue weighted by molar-refractivity contribution is -0.384. The van der Waals surface area contributed by atoms with Crippen LogP contribution in [0.1, 0.15) is 6.92 Å². The first kappa shape index (κ1) is 11.5. The van der Waals surface area contributed by atoms with E-state index in [4.69, 9.17) is 0 Å². The minimum atomic E-state index is -0.283. The van der Waals surface area contributed by atoms with E-state index < -0.39 is 0 Å². The molecule has 0 amide bonds. The molecule has 2 aliphatic heterocycles. The molecule has 1 aromatic rings. The molecule has 18 heavy (non-hydrogen) atoms. The number of fused-ring (bicyclic) bond motifs is 1. The Morgan fingerprint density at radius 2 is 2.17 bits per heavy atom. The Morgan fingerprint density at radius 3 is 2.89 bits per heavy atom. The Bertz CT molecular complexity index is 477. The Hall–Kier alpha value is -1.62. The number of nitro benzene ring substituents is 1. The van der Waals surface area contributed by atoms with Crippen molar-refractivity contribution in [3.63, 3.8) is 0 Å². The van der Waals surface area contributed by atoms with Crippen LogP contribution in [-0.2, 0) is 0 Å². The van der Waals surface area contributed by atoms with Crippen molar-refractivity contribution < 1.29 is 4.92 Å². The Balaban J connectivity index is 1.94. The third-order valence-electron chi connectivity index (χ3n) is 4.32. The molecule has 0 bridgehead atoms. The van der Waals surface area contributed by atoms with Crippen LogP contribution in [0.5, 0.6) is 0 Å². The molecule has 3 rings (SSSR count). The Morgan fingerprint density at radius 1 is 1.39 bits per heavy atom. The van der Waals surface area contributed by atoms with Crippen LogP contribution in [0, 0.1) is 22.0 Å². The second-order valence-corrected chi connectivity index (χ2v) is 5.22. The molecule has 5 nitrogen and oxygen atoms in total. The van der Waals surface area contributed by atoms with Crippen LogP contribution in [-0.4, -0.2) is 30.6 Å². The van der Waals surface area contributed by atoms with Gasteiger partial charge in [-0.1, -0.05) is 12.1 Å². The summed E-state index contributed by atoms with van der Waals surface area (Å²) in [6, 6.07) is 7.43. The smallest absolute Gasteiger partial charge is 0.292 e. The lowest BCUT2D eigenvalue weighted by Crippen LogP contribution is -2.33. The first-order valence-corrected chi connectivity index (χ1v) is 6.39. The second-order valence-electron chi connectivity index (χ2n) is 5.22. The fraction of sp³-hybridized carbons (Fsp3) is 0.538. The van der Waals surface area contributed by atoms with E-state index in [-0.39, 0.29) is 10.6 Å². The third kappa shape index (κ3) is 1.66. The molecule has 0 radical (unpaired) electrons. The second kappa shape index (κ2) is 4.24. The number of hydrogen-bond acceptors (Lipinski definition) is 4. The van der Waals surface area contributed by atoms with Crippen LogP contribution in [0.25, 0.3) is 0 Å². The maximum atomic E-state index is 11.1. The van der Waals surface area contributed by atoms with E-state index in [0.29, 0.717) is 17.9 Å². The van der Waals surface area contributed by atoms with E-state index in [2.05, 4.69) is 17.1 Å². The van der Waals surface area contributed by atoms with E-state index in [0.717, 1.165) is 25.3 Å². The fourth-order valence-corrected chi connectivity index (χ4v) is 3.35. The summed E-state index contributed by atoms with van der Waals surface area (Å²) in [5.41, 5.74) is 0.988. The zero-order valence-electron chi connectivity index (χ0n) is 10.4. The van der Waals surface area contributed by atoms with Gasteiger partial charge in [0.25, 0.3) is 5.69 Å². The first-order chi connectivity index (χ1) is 8.68. The predicted molar refractivity (Wildman–Crippen MR) is 69.8 cm³/mol. The quantitative estimate of drug-likeness (QED) is 0.637. The molecule has 0 spiro atoms. The lowest BCUT2D eigenvalue weighted by atomic mass is 9.95. The molecule has 96 valence electrons. The number of benzene rings is 1. The highest BCUT2D eigenvalue weighted by atomic mass is 16.6. The Labute approximate surface area is 106 Å². The van der Waals surface area contributed by atoms with Gasteiger partial charge in [-0.05, 0) is 24.8 Å². The Kier molecular flexibility index (Phi) is 2.70. The van der Waals surface area contributed by atoms with Gasteiger partial charge in [0.2, 0.25) is 0 Å². The van der Waals surface area contributed by atoms with Crippen LogP contribution < -0.4 is 10.2 Å². The summed E-state index contributed by atoms with van der Waals surface area (Å²) in [6.07, 6.45) is 0. The molecule has 3 unspecified atom stereocenters. The molecule has 0 saturated carbocycles. The molecule has 5 heteroatoms. The monoisotopic (exact) mass is 247 g/mol. The van der Waals surface area contributed by atoms with Crippen LogP contribution in [0.15, 0.2) is 24.3 Å². The standard InChI is InChI=1S/C13H17N3O2/c1-9-11-7-14-6-10(11)8-15(9)12-4-2-3-5-13(12)16(17)18/h2-5,9-11,14H,6-8H2,1H3. The van der Waals surface area contributed by atoms with Crippen LogP contribution >= 0.6 is 0 Å². The molecule has 1 N–H and O–H groups in total. The lowest BCUT2D eigenvalue weighted by Gasteiger charge is -2.26. The minimum absolute atomic E-state index is 0.220. The van der Waals surface area contributed by atoms with Gasteiger partial charge in [-0.3, -0.25) is 10.1 Å². The van der Waals surface area contributed by atoms with Gasteiger partial charge in [-0.25, -0.2) is 0 Å². The van der Waals surface area contributed by atoms with E-state index in [1.54, 1.807) is 12.1 Å². The number of nitrogens with zero attached hydrogens (tertiary/aromatic N) is 2. The summed E-state index contributed by atoms with van der Waals surface area (Å²) in [5.74, 6) is 1.24. The molecule has 1 aromatic carbocycles. The van der Waals surface area contributed by atoms with Gasteiger partial charge < -0.3 is 10.2 Å². The topological polar surface area (TPSA) is 58.4 Å². The molecular weight excluding hydrogens is 230 g/mol. The molecule has 2 saturated heterocycles. The molecule has 2 heterocycles. The third-order valence-corrected chi connectivity index (χ3v) is 4.32. The molecule has 2 aliphatic rings. The molecule has 0 aromatic heterocycles. The summed E-state index contributed by atoms with van der Waals surface area (Å²) in [4.78, 5) is 13.0. The molecule has 0 aliphatic carbocycles. The number of anilines is 1. The van der Waals surface area contributed by atoms with Crippen molar-refractivity contribution in [2.45, 2.75) is 13.0 Å². The van der Waals surface area contributed by atoms with E-state index >= 15 is 0 Å². The van der Waals surface area contributed by atoms with Crippen molar-refractivity contribution in [2.24, 2.45) is 11.8 Å². The molecule has 2 fully saturated rings. The molecule has 3 atom stereocenters. The SMILES string of the molecule is CC1C2CNCC2CN1c1ccccc1[N+](=O)[O-]. The number of nitrogens with one attached hydrogen (secondary N) is 1. The van der Waals surface area contributed by atoms with E-state index in [1.807, 2.05) is 12.1 Å². The van der Waals surface area contributed by atoms with Crippen molar-refractivity contribution in [3.8, 4) is 0 Å². The van der Waals surface area contributed by atoms with Crippen LogP contribution in [0.2, 0.25) is 0 Å². The highest BCUT2D eigenvalue weighted by Gasteiger charge is 2.43. The first-order valence-electron chi connectivity index (χ1n) is 6.39. The van der Waals surface area contributed by atoms with Gasteiger partial charge in [0.15, 0.2) is 0 Å². The number of para-hydroxylation sites is 2. The minimum Gasteiger partial charge on any atom is -0.363 e. The number of rotatable bonds is 2. The van der Waals surface area contributed by atoms with Crippen molar-refractivity contribution in [3.05, 3.63) is 34.4 Å². The van der Waals surface area contributed by atoms with Gasteiger partial charge in [-0.2, -0.15) is 0 Å². The van der Waals surface area contributed by atoms with Gasteiger partial charge in [0, 0.05) is 31.7 Å². The average Bonchev–Trinajstić information content (AvgIpc) is 2.93. The van der Waals surface area contributed by atoms with Crippen molar-refractivity contribution in [1.29, 1.82) is 0 Å². The maximum Gasteiger partial charge on any atom is 0.292 e. The number of hydrogen-bond donors (Lipinski definition) is 1. The summed E-state index contributed by atoms with van der Waals surface area (Å²) in [7, 11) is 0. The van der Waals surface area contributed by atoms with Crippen molar-refractivity contribution in [1.82, 2.24) is 5.32 Å². The molecular formula is C13H17N3O2. The van der Waals surface area contributed by atoms with Crippen LogP contribution in [0.3, 0.4) is 0 Å². The van der Waals surface area contributed by atoms with E-state index in [9.17, 15) is 10.1 Å². The van der Waals surface area contributed by atoms with Crippen molar-refractivity contribution in [2.75, 3.05) is 24.5 Å². The maximum absolute atomic E-state index is 11.1. The van der Waals surface area contributed by atoms with Crippen molar-refractivity contribution >= 4 is 11.4 Å². The number of nitro groups is 1. The van der Waals surface area contributed by atoms with Crippen LogP contribution in [0.4, 0.5) is 11.4 Å². The normalized spacial score (nSPS) is 30.5. The zero-order valence-corrected chi connectivity index (χ0v) is 10.4. The largest absolute Gasteiger partial charge is 0.363 e. The highest BCUT2D eigenvalue weighted by Crippen LogP contribution is 2.39. The van der Waals surface area contributed by atoms with Gasteiger partial charge in [0.05, 0.1) is 4.92 Å². The summed E-state index contributed by atoms with van der Waals surface area (Å²) < 4.78 is 0. The van der Waals surface area contributed by atoms with Gasteiger partial charge in [-0.15, -0.1) is 0 Å². The average molecular weight is 247 g/mol. The summed E-state index contributed by atoms with van der Waals surface area (Å²) in [6.45, 7) is 5.16.